The summed E-state index contributed by atoms with van der Waals surface area (Å²) in [4.78, 5) is 27.5. The first-order valence-electron chi connectivity index (χ1n) is 6.58. The van der Waals surface area contributed by atoms with Gasteiger partial charge in [0.1, 0.15) is 0 Å². The molecule has 0 spiro atoms. The molecule has 0 bridgehead atoms. The molecule has 0 aliphatic carbocycles. The minimum Gasteiger partial charge on any atom is -0.339 e. The molecule has 0 radical (unpaired) electrons. The Hall–Kier alpha value is -1.59. The molecule has 1 N–H and O–H groups in total. The number of rotatable bonds is 3. The Balaban J connectivity index is 1.97. The van der Waals surface area contributed by atoms with Crippen molar-refractivity contribution < 1.29 is 9.59 Å². The molecule has 1 heterocycles. The molecule has 20 heavy (non-hydrogen) atoms. The zero-order valence-corrected chi connectivity index (χ0v) is 12.2. The van der Waals surface area contributed by atoms with Crippen LogP contribution in [0, 0.1) is 0 Å². The molecular formula is C14H18ClN3O2. The maximum Gasteiger partial charge on any atom is 0.255 e. The predicted octanol–water partition coefficient (Wildman–Crippen LogP) is 0.844. The van der Waals surface area contributed by atoms with Crippen LogP contribution >= 0.6 is 11.6 Å². The molecule has 0 atom stereocenters. The van der Waals surface area contributed by atoms with Gasteiger partial charge in [0.15, 0.2) is 0 Å². The number of piperazine rings is 1. The Labute approximate surface area is 123 Å². The van der Waals surface area contributed by atoms with Gasteiger partial charge < -0.3 is 15.1 Å². The Morgan fingerprint density at radius 3 is 2.60 bits per heavy atom. The molecule has 0 aromatic heterocycles. The van der Waals surface area contributed by atoms with Gasteiger partial charge in [-0.25, -0.2) is 0 Å². The number of carbonyl (C=O) groups is 2. The van der Waals surface area contributed by atoms with Crippen LogP contribution in [-0.2, 0) is 4.79 Å². The highest BCUT2D eigenvalue weighted by molar-refractivity contribution is 6.33. The second kappa shape index (κ2) is 6.72. The fourth-order valence-electron chi connectivity index (χ4n) is 2.13. The monoisotopic (exact) mass is 295 g/mol. The van der Waals surface area contributed by atoms with Gasteiger partial charge in [-0.05, 0) is 12.1 Å². The van der Waals surface area contributed by atoms with Crippen molar-refractivity contribution in [2.24, 2.45) is 0 Å². The molecular weight excluding hydrogens is 278 g/mol. The fourth-order valence-corrected chi connectivity index (χ4v) is 2.35. The summed E-state index contributed by atoms with van der Waals surface area (Å²) in [6.07, 6.45) is 0. The van der Waals surface area contributed by atoms with E-state index in [0.717, 1.165) is 13.1 Å². The molecule has 5 nitrogen and oxygen atoms in total. The van der Waals surface area contributed by atoms with E-state index in [1.807, 2.05) is 0 Å². The average Bonchev–Trinajstić information content (AvgIpc) is 2.48. The van der Waals surface area contributed by atoms with Crippen molar-refractivity contribution >= 4 is 23.4 Å². The molecule has 1 fully saturated rings. The fraction of sp³-hybridized carbons (Fsp3) is 0.429. The second-order valence-electron chi connectivity index (χ2n) is 4.77. The molecule has 0 saturated carbocycles. The molecule has 1 aliphatic heterocycles. The van der Waals surface area contributed by atoms with Gasteiger partial charge in [-0.2, -0.15) is 0 Å². The molecule has 2 rings (SSSR count). The molecule has 0 unspecified atom stereocenters. The van der Waals surface area contributed by atoms with Crippen molar-refractivity contribution in [2.75, 3.05) is 39.8 Å². The number of benzene rings is 1. The zero-order chi connectivity index (χ0) is 14.5. The number of carbonyl (C=O) groups excluding carboxylic acids is 2. The average molecular weight is 296 g/mol. The smallest absolute Gasteiger partial charge is 0.255 e. The molecule has 1 aromatic carbocycles. The Morgan fingerprint density at radius 2 is 1.95 bits per heavy atom. The SMILES string of the molecule is CN(CC(=O)N1CCNCC1)C(=O)c1ccccc1Cl. The second-order valence-corrected chi connectivity index (χ2v) is 5.18. The standard InChI is InChI=1S/C14H18ClN3O2/c1-17(10-13(19)18-8-6-16-7-9-18)14(20)11-4-2-3-5-12(11)15/h2-5,16H,6-10H2,1H3. The lowest BCUT2D eigenvalue weighted by Gasteiger charge is -2.29. The van der Waals surface area contributed by atoms with Gasteiger partial charge in [0.2, 0.25) is 5.91 Å². The van der Waals surface area contributed by atoms with Crippen LogP contribution in [0.3, 0.4) is 0 Å². The van der Waals surface area contributed by atoms with Crippen LogP contribution in [-0.4, -0.2) is 61.4 Å². The third-order valence-electron chi connectivity index (χ3n) is 3.29. The summed E-state index contributed by atoms with van der Waals surface area (Å²) in [5.74, 6) is -0.270. The van der Waals surface area contributed by atoms with E-state index >= 15 is 0 Å². The molecule has 1 saturated heterocycles. The highest BCUT2D eigenvalue weighted by Gasteiger charge is 2.21. The zero-order valence-electron chi connectivity index (χ0n) is 11.4. The summed E-state index contributed by atoms with van der Waals surface area (Å²) in [7, 11) is 1.62. The summed E-state index contributed by atoms with van der Waals surface area (Å²) < 4.78 is 0. The summed E-state index contributed by atoms with van der Waals surface area (Å²) in [6, 6.07) is 6.85. The number of nitrogens with zero attached hydrogens (tertiary/aromatic N) is 2. The number of amides is 2. The first-order valence-corrected chi connectivity index (χ1v) is 6.96. The van der Waals surface area contributed by atoms with Crippen molar-refractivity contribution in [3.8, 4) is 0 Å². The van der Waals surface area contributed by atoms with E-state index in [9.17, 15) is 9.59 Å². The van der Waals surface area contributed by atoms with Gasteiger partial charge in [-0.3, -0.25) is 9.59 Å². The molecule has 108 valence electrons. The van der Waals surface area contributed by atoms with Crippen LogP contribution in [0.4, 0.5) is 0 Å². The lowest BCUT2D eigenvalue weighted by Crippen LogP contribution is -2.49. The minimum atomic E-state index is -0.237. The van der Waals surface area contributed by atoms with Crippen LogP contribution in [0.5, 0.6) is 0 Å². The van der Waals surface area contributed by atoms with Gasteiger partial charge in [0.25, 0.3) is 5.91 Å². The minimum absolute atomic E-state index is 0.0330. The first kappa shape index (κ1) is 14.8. The number of halogens is 1. The van der Waals surface area contributed by atoms with Crippen LogP contribution in [0.15, 0.2) is 24.3 Å². The van der Waals surface area contributed by atoms with E-state index in [2.05, 4.69) is 5.32 Å². The Kier molecular flexibility index (Phi) is 4.98. The molecule has 1 aliphatic rings. The number of hydrogen-bond donors (Lipinski definition) is 1. The third kappa shape index (κ3) is 3.49. The molecule has 1 aromatic rings. The summed E-state index contributed by atoms with van der Waals surface area (Å²) in [5.41, 5.74) is 0.421. The lowest BCUT2D eigenvalue weighted by atomic mass is 10.2. The molecule has 2 amide bonds. The van der Waals surface area contributed by atoms with Gasteiger partial charge in [0, 0.05) is 33.2 Å². The lowest BCUT2D eigenvalue weighted by molar-refractivity contribution is -0.132. The quantitative estimate of drug-likeness (QED) is 0.899. The van der Waals surface area contributed by atoms with Gasteiger partial charge in [-0.15, -0.1) is 0 Å². The number of nitrogens with one attached hydrogen (secondary N) is 1. The van der Waals surface area contributed by atoms with Crippen molar-refractivity contribution in [1.29, 1.82) is 0 Å². The van der Waals surface area contributed by atoms with Crippen molar-refractivity contribution in [3.63, 3.8) is 0 Å². The Bertz CT molecular complexity index is 501. The van der Waals surface area contributed by atoms with Crippen LogP contribution in [0.25, 0.3) is 0 Å². The van der Waals surface area contributed by atoms with E-state index in [1.165, 1.54) is 4.90 Å². The number of likely N-dealkylation sites (N-methyl/N-ethyl adjacent to an activating group) is 1. The van der Waals surface area contributed by atoms with E-state index in [-0.39, 0.29) is 18.4 Å². The Morgan fingerprint density at radius 1 is 1.30 bits per heavy atom. The van der Waals surface area contributed by atoms with E-state index in [4.69, 9.17) is 11.6 Å². The highest BCUT2D eigenvalue weighted by Crippen LogP contribution is 2.16. The normalized spacial score (nSPS) is 15.0. The van der Waals surface area contributed by atoms with Crippen molar-refractivity contribution in [2.45, 2.75) is 0 Å². The van der Waals surface area contributed by atoms with Gasteiger partial charge in [0.05, 0.1) is 17.1 Å². The maximum absolute atomic E-state index is 12.2. The molecule has 6 heteroatoms. The predicted molar refractivity (Wildman–Crippen MR) is 77.9 cm³/mol. The van der Waals surface area contributed by atoms with Gasteiger partial charge in [-0.1, -0.05) is 23.7 Å². The van der Waals surface area contributed by atoms with E-state index in [1.54, 1.807) is 36.2 Å². The van der Waals surface area contributed by atoms with Crippen LogP contribution in [0.1, 0.15) is 10.4 Å². The summed E-state index contributed by atoms with van der Waals surface area (Å²) >= 11 is 6.00. The third-order valence-corrected chi connectivity index (χ3v) is 3.62. The number of hydrogen-bond acceptors (Lipinski definition) is 3. The van der Waals surface area contributed by atoms with Gasteiger partial charge >= 0.3 is 0 Å². The first-order chi connectivity index (χ1) is 9.59. The summed E-state index contributed by atoms with van der Waals surface area (Å²) in [6.45, 7) is 3.05. The largest absolute Gasteiger partial charge is 0.339 e. The summed E-state index contributed by atoms with van der Waals surface area (Å²) in [5, 5.41) is 3.59. The van der Waals surface area contributed by atoms with E-state index < -0.39 is 0 Å². The van der Waals surface area contributed by atoms with Crippen LogP contribution < -0.4 is 5.32 Å². The topological polar surface area (TPSA) is 52.7 Å². The van der Waals surface area contributed by atoms with Crippen LogP contribution in [0.2, 0.25) is 5.02 Å². The van der Waals surface area contributed by atoms with Crippen molar-refractivity contribution in [3.05, 3.63) is 34.9 Å². The maximum atomic E-state index is 12.2. The van der Waals surface area contributed by atoms with E-state index in [0.29, 0.717) is 23.7 Å². The van der Waals surface area contributed by atoms with Crippen molar-refractivity contribution in [1.82, 2.24) is 15.1 Å². The highest BCUT2D eigenvalue weighted by atomic mass is 35.5.